The number of hydrogen-bond donors (Lipinski definition) is 0. The Morgan fingerprint density at radius 2 is 1.79 bits per heavy atom. The summed E-state index contributed by atoms with van der Waals surface area (Å²) in [6, 6.07) is 10.1. The van der Waals surface area contributed by atoms with Crippen molar-refractivity contribution in [2.24, 2.45) is 0 Å². The lowest BCUT2D eigenvalue weighted by Crippen LogP contribution is -2.00. The summed E-state index contributed by atoms with van der Waals surface area (Å²) in [4.78, 5) is 1.16. The molecule has 19 heavy (non-hydrogen) atoms. The fraction of sp³-hybridized carbons (Fsp3) is 0.429. The zero-order valence-corrected chi connectivity index (χ0v) is 13.4. The Balaban J connectivity index is 2.61. The SMILES string of the molecule is CCOP(=O)(C/C(C)=C/Sc1ccccc1)OCC. The van der Waals surface area contributed by atoms with Gasteiger partial charge in [-0.1, -0.05) is 35.5 Å². The van der Waals surface area contributed by atoms with Crippen molar-refractivity contribution in [3.05, 3.63) is 41.3 Å². The summed E-state index contributed by atoms with van der Waals surface area (Å²) in [5.74, 6) is 0. The minimum Gasteiger partial charge on any atom is -0.309 e. The van der Waals surface area contributed by atoms with E-state index in [0.29, 0.717) is 19.4 Å². The normalized spacial score (nSPS) is 12.7. The van der Waals surface area contributed by atoms with Gasteiger partial charge in [-0.05, 0) is 38.3 Å². The lowest BCUT2D eigenvalue weighted by Gasteiger charge is -2.17. The van der Waals surface area contributed by atoms with Crippen LogP contribution in [0.3, 0.4) is 0 Å². The molecule has 1 rings (SSSR count). The molecule has 5 heteroatoms. The van der Waals surface area contributed by atoms with Crippen LogP contribution in [0.25, 0.3) is 0 Å². The standard InChI is InChI=1S/C14H21O3PS/c1-4-16-18(15,17-5-2)11-13(3)12-19-14-9-7-6-8-10-14/h6-10,12H,4-5,11H2,1-3H3/b13-12+. The quantitative estimate of drug-likeness (QED) is 0.503. The van der Waals surface area contributed by atoms with E-state index in [2.05, 4.69) is 0 Å². The predicted molar refractivity (Wildman–Crippen MR) is 81.8 cm³/mol. The maximum absolute atomic E-state index is 12.3. The predicted octanol–water partition coefficient (Wildman–Crippen LogP) is 4.95. The number of allylic oxidation sites excluding steroid dienone is 1. The molecule has 0 unspecified atom stereocenters. The lowest BCUT2D eigenvalue weighted by molar-refractivity contribution is 0.222. The van der Waals surface area contributed by atoms with E-state index in [9.17, 15) is 4.57 Å². The third kappa shape index (κ3) is 6.44. The van der Waals surface area contributed by atoms with Gasteiger partial charge in [0, 0.05) is 4.90 Å². The van der Waals surface area contributed by atoms with Crippen LogP contribution >= 0.6 is 19.4 Å². The molecule has 0 N–H and O–H groups in total. The average molecular weight is 300 g/mol. The molecule has 3 nitrogen and oxygen atoms in total. The summed E-state index contributed by atoms with van der Waals surface area (Å²) in [7, 11) is -2.98. The summed E-state index contributed by atoms with van der Waals surface area (Å²) < 4.78 is 22.9. The molecule has 0 saturated heterocycles. The van der Waals surface area contributed by atoms with Crippen molar-refractivity contribution < 1.29 is 13.6 Å². The summed E-state index contributed by atoms with van der Waals surface area (Å²) in [5.41, 5.74) is 0.999. The van der Waals surface area contributed by atoms with Crippen LogP contribution in [0.4, 0.5) is 0 Å². The first-order valence-electron chi connectivity index (χ1n) is 6.35. The van der Waals surface area contributed by atoms with Gasteiger partial charge in [-0.3, -0.25) is 4.57 Å². The minimum absolute atomic E-state index is 0.342. The first kappa shape index (κ1) is 16.5. The smallest absolute Gasteiger partial charge is 0.309 e. The van der Waals surface area contributed by atoms with Crippen LogP contribution in [0.2, 0.25) is 0 Å². The van der Waals surface area contributed by atoms with E-state index in [1.807, 2.05) is 56.5 Å². The van der Waals surface area contributed by atoms with Crippen LogP contribution < -0.4 is 0 Å². The third-order valence-corrected chi connectivity index (χ3v) is 5.49. The molecule has 0 aliphatic carbocycles. The van der Waals surface area contributed by atoms with Crippen molar-refractivity contribution in [1.82, 2.24) is 0 Å². The highest BCUT2D eigenvalue weighted by molar-refractivity contribution is 8.02. The van der Waals surface area contributed by atoms with Gasteiger partial charge in [0.25, 0.3) is 0 Å². The van der Waals surface area contributed by atoms with E-state index in [-0.39, 0.29) is 0 Å². The van der Waals surface area contributed by atoms with Crippen LogP contribution in [-0.4, -0.2) is 19.4 Å². The average Bonchev–Trinajstić information content (AvgIpc) is 2.38. The van der Waals surface area contributed by atoms with Crippen molar-refractivity contribution in [3.8, 4) is 0 Å². The van der Waals surface area contributed by atoms with E-state index in [1.54, 1.807) is 11.8 Å². The van der Waals surface area contributed by atoms with Crippen LogP contribution in [-0.2, 0) is 13.6 Å². The molecular formula is C14H21O3PS. The molecule has 1 aromatic rings. The molecule has 0 amide bonds. The van der Waals surface area contributed by atoms with E-state index in [1.165, 1.54) is 0 Å². The Kier molecular flexibility index (Phi) is 7.47. The number of benzene rings is 1. The van der Waals surface area contributed by atoms with Crippen molar-refractivity contribution in [2.75, 3.05) is 19.4 Å². The largest absolute Gasteiger partial charge is 0.334 e. The molecule has 0 saturated carbocycles. The van der Waals surface area contributed by atoms with E-state index in [0.717, 1.165) is 10.5 Å². The monoisotopic (exact) mass is 300 g/mol. The number of rotatable bonds is 8. The van der Waals surface area contributed by atoms with Crippen LogP contribution in [0.1, 0.15) is 20.8 Å². The molecule has 0 aromatic heterocycles. The summed E-state index contributed by atoms with van der Waals surface area (Å²) >= 11 is 1.61. The number of hydrogen-bond acceptors (Lipinski definition) is 4. The molecule has 0 spiro atoms. The molecular weight excluding hydrogens is 279 g/mol. The second-order valence-electron chi connectivity index (χ2n) is 4.00. The van der Waals surface area contributed by atoms with E-state index in [4.69, 9.17) is 9.05 Å². The maximum atomic E-state index is 12.3. The number of thioether (sulfide) groups is 1. The molecule has 106 valence electrons. The second-order valence-corrected chi connectivity index (χ2v) is 7.00. The zero-order valence-electron chi connectivity index (χ0n) is 11.7. The Bertz CT molecular complexity index is 435. The van der Waals surface area contributed by atoms with Gasteiger partial charge in [0.05, 0.1) is 19.4 Å². The van der Waals surface area contributed by atoms with Crippen LogP contribution in [0.15, 0.2) is 46.2 Å². The van der Waals surface area contributed by atoms with Gasteiger partial charge in [0.15, 0.2) is 0 Å². The topological polar surface area (TPSA) is 35.5 Å². The molecule has 0 radical (unpaired) electrons. The molecule has 1 aromatic carbocycles. The van der Waals surface area contributed by atoms with Crippen molar-refractivity contribution >= 4 is 19.4 Å². The van der Waals surface area contributed by atoms with E-state index < -0.39 is 7.60 Å². The van der Waals surface area contributed by atoms with Crippen molar-refractivity contribution in [1.29, 1.82) is 0 Å². The first-order chi connectivity index (χ1) is 9.09. The maximum Gasteiger partial charge on any atom is 0.334 e. The Labute approximate surface area is 119 Å². The molecule has 0 atom stereocenters. The van der Waals surface area contributed by atoms with E-state index >= 15 is 0 Å². The van der Waals surface area contributed by atoms with Gasteiger partial charge in [-0.2, -0.15) is 0 Å². The highest BCUT2D eigenvalue weighted by Crippen LogP contribution is 2.49. The summed E-state index contributed by atoms with van der Waals surface area (Å²) in [5, 5.41) is 2.00. The van der Waals surface area contributed by atoms with Gasteiger partial charge in [-0.25, -0.2) is 0 Å². The van der Waals surface area contributed by atoms with Gasteiger partial charge >= 0.3 is 7.60 Å². The van der Waals surface area contributed by atoms with Crippen LogP contribution in [0.5, 0.6) is 0 Å². The van der Waals surface area contributed by atoms with Gasteiger partial charge in [0.1, 0.15) is 0 Å². The third-order valence-electron chi connectivity index (χ3n) is 2.23. The molecule has 0 aliphatic heterocycles. The molecule has 0 fully saturated rings. The van der Waals surface area contributed by atoms with Crippen molar-refractivity contribution in [3.63, 3.8) is 0 Å². The summed E-state index contributed by atoms with van der Waals surface area (Å²) in [6.45, 7) is 6.39. The Morgan fingerprint density at radius 1 is 1.21 bits per heavy atom. The highest BCUT2D eigenvalue weighted by atomic mass is 32.2. The Morgan fingerprint density at radius 3 is 2.32 bits per heavy atom. The zero-order chi connectivity index (χ0) is 14.1. The fourth-order valence-corrected chi connectivity index (χ4v) is 4.14. The summed E-state index contributed by atoms with van der Waals surface area (Å²) in [6.07, 6.45) is 0.342. The first-order valence-corrected chi connectivity index (χ1v) is 8.96. The van der Waals surface area contributed by atoms with Gasteiger partial charge in [-0.15, -0.1) is 0 Å². The molecule has 0 bridgehead atoms. The molecule has 0 aliphatic rings. The second kappa shape index (κ2) is 8.60. The van der Waals surface area contributed by atoms with Gasteiger partial charge in [0.2, 0.25) is 0 Å². The van der Waals surface area contributed by atoms with Crippen molar-refractivity contribution in [2.45, 2.75) is 25.7 Å². The minimum atomic E-state index is -2.98. The van der Waals surface area contributed by atoms with Crippen LogP contribution in [0, 0.1) is 0 Å². The lowest BCUT2D eigenvalue weighted by atomic mass is 10.4. The van der Waals surface area contributed by atoms with Gasteiger partial charge < -0.3 is 9.05 Å². The Hall–Kier alpha value is -0.540. The fourth-order valence-electron chi connectivity index (χ4n) is 1.53. The molecule has 0 heterocycles. The highest BCUT2D eigenvalue weighted by Gasteiger charge is 2.23.